The predicted molar refractivity (Wildman–Crippen MR) is 224 cm³/mol. The molecule has 59 heavy (non-hydrogen) atoms. The molecule has 3 aliphatic heterocycles. The molecular formula is C47H70ClNO10. The Labute approximate surface area is 357 Å². The number of carbonyl (C=O) groups excluding carboxylic acids is 2. The average Bonchev–Trinajstić information content (AvgIpc) is 3.79. The first-order valence-corrected chi connectivity index (χ1v) is 22.8. The summed E-state index contributed by atoms with van der Waals surface area (Å²) in [6, 6.07) is 8.49. The number of Topliss-reactive ketones (excluding diaryl/α,β-unsaturated/α-hetero) is 1. The van der Waals surface area contributed by atoms with E-state index < -0.39 is 18.3 Å². The van der Waals surface area contributed by atoms with Crippen LogP contribution in [-0.2, 0) is 47.5 Å². The molecule has 18 atom stereocenters. The molecule has 2 saturated carbocycles. The number of fused-ring (bicyclic) bond motifs is 5. The van der Waals surface area contributed by atoms with E-state index in [1.807, 2.05) is 26.0 Å². The molecule has 1 aromatic rings. The quantitative estimate of drug-likeness (QED) is 0.216. The second-order valence-electron chi connectivity index (χ2n) is 18.6. The molecule has 6 unspecified atom stereocenters. The number of rotatable bonds is 10. The maximum absolute atomic E-state index is 15.1. The summed E-state index contributed by atoms with van der Waals surface area (Å²) in [6.07, 6.45) is 6.80. The fraction of sp³-hybridized carbons (Fsp3) is 0.787. The standard InChI is InChI=1S/C47H70ClNO10/c1-10-31-12-11-13-39(59-41-19-18-38(49(5)6)26(3)55-41)25(2)43(51)37-23-35-33-22-32(58-47-46(54-9)45(53-8)44(52-7)27(4)56-47)20-29(33)21-34(28-14-16-30(48)17-15-28)42(35)36(37)24-40(50)57-31/h14-17,23,25-27,29,31-36,38-39,41-42,44-47H,10-13,18-22,24H2,1-9H3/t25-,26?,27?,29+,31+,32-,33-,34?,35+,36-,38+,39+,41+,42?,44+,45?,46?,47+/m1/s1. The third-order valence-corrected chi connectivity index (χ3v) is 15.3. The third kappa shape index (κ3) is 9.54. The zero-order chi connectivity index (χ0) is 42.1. The number of allylic oxidation sites excluding steroid dienone is 2. The molecule has 0 bridgehead atoms. The van der Waals surface area contributed by atoms with Crippen molar-refractivity contribution in [2.45, 2.75) is 165 Å². The SMILES string of the molecule is CC[C@H]1CCC[C@H](O[C@H]2CC[C@H](N(C)C)C(C)O2)[C@@H](C)C(=O)C2=C[C@@H]3C(C(c4ccc(Cl)cc4)C[C@@H]4C[C@@H](O[C@@H]5OC(C)[C@H](OC)C(OC)C5OC)C[C@H]43)[C@@H]2CC(=O)O1. The van der Waals surface area contributed by atoms with Gasteiger partial charge in [-0.15, -0.1) is 0 Å². The van der Waals surface area contributed by atoms with Gasteiger partial charge < -0.3 is 42.8 Å². The van der Waals surface area contributed by atoms with Crippen LogP contribution in [0.3, 0.4) is 0 Å². The monoisotopic (exact) mass is 843 g/mol. The first-order valence-electron chi connectivity index (χ1n) is 22.4. The van der Waals surface area contributed by atoms with Gasteiger partial charge in [0.25, 0.3) is 0 Å². The van der Waals surface area contributed by atoms with Crippen molar-refractivity contribution in [3.05, 3.63) is 46.5 Å². The number of hydrogen-bond donors (Lipinski definition) is 0. The van der Waals surface area contributed by atoms with Crippen molar-refractivity contribution in [1.29, 1.82) is 0 Å². The fourth-order valence-electron chi connectivity index (χ4n) is 12.1. The molecule has 7 rings (SSSR count). The summed E-state index contributed by atoms with van der Waals surface area (Å²) in [6.45, 7) is 8.20. The smallest absolute Gasteiger partial charge is 0.306 e. The van der Waals surface area contributed by atoms with Crippen LogP contribution in [0.4, 0.5) is 0 Å². The van der Waals surface area contributed by atoms with Gasteiger partial charge in [-0.3, -0.25) is 9.59 Å². The molecular weight excluding hydrogens is 774 g/mol. The summed E-state index contributed by atoms with van der Waals surface area (Å²) in [5, 5.41) is 0.682. The molecule has 12 heteroatoms. The van der Waals surface area contributed by atoms with Crippen molar-refractivity contribution in [1.82, 2.24) is 4.90 Å². The van der Waals surface area contributed by atoms with E-state index in [2.05, 4.69) is 51.1 Å². The van der Waals surface area contributed by atoms with Crippen LogP contribution in [0.1, 0.15) is 103 Å². The lowest BCUT2D eigenvalue weighted by atomic mass is 9.59. The van der Waals surface area contributed by atoms with E-state index in [0.29, 0.717) is 23.4 Å². The molecule has 0 amide bonds. The number of likely N-dealkylation sites (N-methyl/N-ethyl adjacent to an activating group) is 1. The summed E-state index contributed by atoms with van der Waals surface area (Å²) in [4.78, 5) is 31.4. The van der Waals surface area contributed by atoms with Gasteiger partial charge in [0, 0.05) is 44.2 Å². The van der Waals surface area contributed by atoms with Crippen LogP contribution in [0.25, 0.3) is 0 Å². The van der Waals surface area contributed by atoms with E-state index in [0.717, 1.165) is 56.9 Å². The summed E-state index contributed by atoms with van der Waals surface area (Å²) in [5.74, 6) is -0.0442. The van der Waals surface area contributed by atoms with Crippen LogP contribution >= 0.6 is 11.6 Å². The normalized spacial score (nSPS) is 43.2. The topological polar surface area (TPSA) is 111 Å². The van der Waals surface area contributed by atoms with Crippen molar-refractivity contribution in [2.24, 2.45) is 35.5 Å². The lowest BCUT2D eigenvalue weighted by Crippen LogP contribution is -2.59. The molecule has 11 nitrogen and oxygen atoms in total. The highest BCUT2D eigenvalue weighted by Gasteiger charge is 2.57. The van der Waals surface area contributed by atoms with Gasteiger partial charge in [-0.05, 0) is 139 Å². The Kier molecular flexibility index (Phi) is 15.0. The maximum atomic E-state index is 15.1. The van der Waals surface area contributed by atoms with Crippen LogP contribution in [0.5, 0.6) is 0 Å². The Morgan fingerprint density at radius 1 is 0.814 bits per heavy atom. The van der Waals surface area contributed by atoms with E-state index in [1.165, 1.54) is 5.56 Å². The van der Waals surface area contributed by atoms with E-state index in [1.54, 1.807) is 21.3 Å². The number of methoxy groups -OCH3 is 3. The third-order valence-electron chi connectivity index (χ3n) is 15.1. The Morgan fingerprint density at radius 3 is 2.20 bits per heavy atom. The van der Waals surface area contributed by atoms with Crippen molar-refractivity contribution in [2.75, 3.05) is 35.4 Å². The number of esters is 1. The minimum Gasteiger partial charge on any atom is -0.462 e. The number of ether oxygens (including phenoxy) is 8. The Bertz CT molecular complexity index is 1610. The van der Waals surface area contributed by atoms with Gasteiger partial charge in [-0.25, -0.2) is 0 Å². The number of ketones is 1. The summed E-state index contributed by atoms with van der Waals surface area (Å²) >= 11 is 6.45. The lowest BCUT2D eigenvalue weighted by Gasteiger charge is -2.44. The van der Waals surface area contributed by atoms with E-state index >= 15 is 4.79 Å². The summed E-state index contributed by atoms with van der Waals surface area (Å²) in [7, 11) is 9.17. The highest BCUT2D eigenvalue weighted by Crippen LogP contribution is 2.61. The highest BCUT2D eigenvalue weighted by molar-refractivity contribution is 6.30. The Hall–Kier alpha value is -1.93. The molecule has 0 radical (unpaired) electrons. The fourth-order valence-corrected chi connectivity index (χ4v) is 12.2. The molecule has 0 N–H and O–H groups in total. The largest absolute Gasteiger partial charge is 0.462 e. The Balaban J connectivity index is 1.20. The van der Waals surface area contributed by atoms with Crippen LogP contribution in [-0.4, -0.2) is 120 Å². The molecule has 0 spiro atoms. The van der Waals surface area contributed by atoms with Gasteiger partial charge in [0.2, 0.25) is 0 Å². The van der Waals surface area contributed by atoms with Crippen LogP contribution in [0.2, 0.25) is 5.02 Å². The Morgan fingerprint density at radius 2 is 1.54 bits per heavy atom. The van der Waals surface area contributed by atoms with E-state index in [9.17, 15) is 4.79 Å². The van der Waals surface area contributed by atoms with Crippen molar-refractivity contribution < 1.29 is 47.5 Å². The minimum absolute atomic E-state index is 0.0176. The maximum Gasteiger partial charge on any atom is 0.306 e. The number of cyclic esters (lactones) is 1. The summed E-state index contributed by atoms with van der Waals surface area (Å²) < 4.78 is 50.4. The van der Waals surface area contributed by atoms with Crippen molar-refractivity contribution in [3.8, 4) is 0 Å². The average molecular weight is 845 g/mol. The number of nitrogens with zero attached hydrogens (tertiary/aromatic N) is 1. The first-order chi connectivity index (χ1) is 28.3. The van der Waals surface area contributed by atoms with Gasteiger partial charge in [0.05, 0.1) is 30.8 Å². The molecule has 3 heterocycles. The number of hydrogen-bond acceptors (Lipinski definition) is 11. The molecule has 1 aromatic carbocycles. The summed E-state index contributed by atoms with van der Waals surface area (Å²) in [5.41, 5.74) is 1.95. The molecule has 6 aliphatic rings. The molecule has 3 aliphatic carbocycles. The van der Waals surface area contributed by atoms with Crippen LogP contribution in [0.15, 0.2) is 35.9 Å². The number of carbonyl (C=O) groups is 2. The van der Waals surface area contributed by atoms with Gasteiger partial charge in [0.1, 0.15) is 24.4 Å². The van der Waals surface area contributed by atoms with Gasteiger partial charge in [-0.2, -0.15) is 0 Å². The molecule has 330 valence electrons. The van der Waals surface area contributed by atoms with Gasteiger partial charge in [-0.1, -0.05) is 43.7 Å². The zero-order valence-corrected chi connectivity index (χ0v) is 37.5. The highest BCUT2D eigenvalue weighted by atomic mass is 35.5. The zero-order valence-electron chi connectivity index (χ0n) is 36.8. The number of halogens is 1. The molecule has 5 fully saturated rings. The van der Waals surface area contributed by atoms with Crippen LogP contribution < -0.4 is 0 Å². The molecule has 0 aromatic heterocycles. The van der Waals surface area contributed by atoms with E-state index in [-0.39, 0.29) is 96.8 Å². The number of benzene rings is 1. The first kappa shape index (κ1) is 45.1. The van der Waals surface area contributed by atoms with Crippen molar-refractivity contribution in [3.63, 3.8) is 0 Å². The second-order valence-corrected chi connectivity index (χ2v) is 19.0. The predicted octanol–water partition coefficient (Wildman–Crippen LogP) is 7.76. The second kappa shape index (κ2) is 19.6. The van der Waals surface area contributed by atoms with Crippen LogP contribution in [0, 0.1) is 35.5 Å². The van der Waals surface area contributed by atoms with E-state index in [4.69, 9.17) is 49.5 Å². The van der Waals surface area contributed by atoms with Gasteiger partial charge >= 0.3 is 5.97 Å². The molecule has 3 saturated heterocycles. The van der Waals surface area contributed by atoms with Crippen molar-refractivity contribution >= 4 is 23.4 Å². The lowest BCUT2D eigenvalue weighted by molar-refractivity contribution is -0.314. The minimum atomic E-state index is -0.623. The van der Waals surface area contributed by atoms with Gasteiger partial charge in [0.15, 0.2) is 18.4 Å².